The molecule has 19 heavy (non-hydrogen) atoms. The van der Waals surface area contributed by atoms with Gasteiger partial charge in [-0.2, -0.15) is 0 Å². The molecule has 6 nitrogen and oxygen atoms in total. The van der Waals surface area contributed by atoms with Crippen molar-refractivity contribution < 1.29 is 14.8 Å². The molecule has 0 amide bonds. The van der Waals surface area contributed by atoms with E-state index in [9.17, 15) is 14.9 Å². The number of nitro groups is 1. The van der Waals surface area contributed by atoms with Crippen molar-refractivity contribution in [3.8, 4) is 0 Å². The van der Waals surface area contributed by atoms with Crippen LogP contribution in [0.25, 0.3) is 0 Å². The molecule has 0 radical (unpaired) electrons. The number of nitro benzene ring substituents is 1. The third-order valence-corrected chi connectivity index (χ3v) is 3.62. The van der Waals surface area contributed by atoms with Crippen LogP contribution in [0.3, 0.4) is 0 Å². The summed E-state index contributed by atoms with van der Waals surface area (Å²) in [6.07, 6.45) is 1.46. The molecule has 1 aromatic rings. The van der Waals surface area contributed by atoms with Gasteiger partial charge in [0, 0.05) is 18.7 Å². The molecule has 1 saturated heterocycles. The van der Waals surface area contributed by atoms with E-state index >= 15 is 0 Å². The lowest BCUT2D eigenvalue weighted by Gasteiger charge is -2.21. The fourth-order valence-corrected chi connectivity index (χ4v) is 2.53. The van der Waals surface area contributed by atoms with Crippen LogP contribution in [0.4, 0.5) is 5.69 Å². The molecular formula is C12H13ClN2O4. The summed E-state index contributed by atoms with van der Waals surface area (Å²) in [6, 6.07) is 3.76. The number of carbonyl (C=O) groups is 1. The number of carboxylic acids is 1. The molecule has 0 unspecified atom stereocenters. The number of halogens is 1. The minimum atomic E-state index is -0.837. The van der Waals surface area contributed by atoms with Crippen LogP contribution < -0.4 is 0 Å². The van der Waals surface area contributed by atoms with Crippen molar-refractivity contribution in [3.63, 3.8) is 0 Å². The third kappa shape index (κ3) is 3.02. The van der Waals surface area contributed by atoms with Crippen molar-refractivity contribution in [2.24, 2.45) is 0 Å². The second-order valence-electron chi connectivity index (χ2n) is 4.50. The van der Waals surface area contributed by atoms with E-state index in [0.717, 1.165) is 6.42 Å². The second kappa shape index (κ2) is 5.54. The Hall–Kier alpha value is -1.66. The van der Waals surface area contributed by atoms with Gasteiger partial charge in [-0.15, -0.1) is 0 Å². The maximum absolute atomic E-state index is 11.1. The molecule has 1 aromatic carbocycles. The number of rotatable bonds is 4. The maximum atomic E-state index is 11.1. The Labute approximate surface area is 114 Å². The number of likely N-dealkylation sites (tertiary alicyclic amines) is 1. The van der Waals surface area contributed by atoms with E-state index < -0.39 is 16.9 Å². The molecule has 2 rings (SSSR count). The van der Waals surface area contributed by atoms with Crippen LogP contribution in [0.2, 0.25) is 5.02 Å². The van der Waals surface area contributed by atoms with E-state index in [1.54, 1.807) is 6.07 Å². The SMILES string of the molecule is O=C(O)[C@@H]1CCCN1Cc1ccc([N+](=O)[O-])cc1Cl. The highest BCUT2D eigenvalue weighted by Crippen LogP contribution is 2.26. The highest BCUT2D eigenvalue weighted by Gasteiger charge is 2.30. The Kier molecular flexibility index (Phi) is 4.01. The first-order valence-electron chi connectivity index (χ1n) is 5.88. The zero-order valence-corrected chi connectivity index (χ0v) is 10.8. The average Bonchev–Trinajstić information content (AvgIpc) is 2.79. The molecule has 7 heteroatoms. The molecule has 0 aliphatic carbocycles. The topological polar surface area (TPSA) is 83.7 Å². The van der Waals surface area contributed by atoms with E-state index in [-0.39, 0.29) is 5.69 Å². The largest absolute Gasteiger partial charge is 0.480 e. The van der Waals surface area contributed by atoms with Gasteiger partial charge in [-0.3, -0.25) is 19.8 Å². The Morgan fingerprint density at radius 3 is 2.89 bits per heavy atom. The van der Waals surface area contributed by atoms with Crippen molar-refractivity contribution in [1.29, 1.82) is 0 Å². The molecule has 1 N–H and O–H groups in total. The summed E-state index contributed by atoms with van der Waals surface area (Å²) in [5.74, 6) is -0.837. The van der Waals surface area contributed by atoms with Crippen LogP contribution in [0.15, 0.2) is 18.2 Å². The van der Waals surface area contributed by atoms with Crippen LogP contribution in [-0.2, 0) is 11.3 Å². The molecule has 0 aromatic heterocycles. The van der Waals surface area contributed by atoms with Gasteiger partial charge in [0.25, 0.3) is 5.69 Å². The van der Waals surface area contributed by atoms with E-state index in [2.05, 4.69) is 0 Å². The normalized spacial score (nSPS) is 19.5. The summed E-state index contributed by atoms with van der Waals surface area (Å²) in [7, 11) is 0. The minimum absolute atomic E-state index is 0.0649. The highest BCUT2D eigenvalue weighted by atomic mass is 35.5. The van der Waals surface area contributed by atoms with E-state index in [4.69, 9.17) is 16.7 Å². The molecule has 0 spiro atoms. The highest BCUT2D eigenvalue weighted by molar-refractivity contribution is 6.31. The molecule has 1 aliphatic rings. The number of aliphatic carboxylic acids is 1. The Morgan fingerprint density at radius 1 is 1.58 bits per heavy atom. The zero-order valence-electron chi connectivity index (χ0n) is 10.1. The number of nitrogens with zero attached hydrogens (tertiary/aromatic N) is 2. The van der Waals surface area contributed by atoms with Gasteiger partial charge in [0.15, 0.2) is 0 Å². The summed E-state index contributed by atoms with van der Waals surface area (Å²) >= 11 is 6.00. The molecule has 1 aliphatic heterocycles. The van der Waals surface area contributed by atoms with Crippen molar-refractivity contribution in [2.75, 3.05) is 6.54 Å². The van der Waals surface area contributed by atoms with Crippen molar-refractivity contribution in [1.82, 2.24) is 4.90 Å². The van der Waals surface area contributed by atoms with Crippen LogP contribution in [0.5, 0.6) is 0 Å². The third-order valence-electron chi connectivity index (χ3n) is 3.27. The lowest BCUT2D eigenvalue weighted by atomic mass is 10.1. The van der Waals surface area contributed by atoms with Crippen LogP contribution >= 0.6 is 11.6 Å². The van der Waals surface area contributed by atoms with Crippen molar-refractivity contribution >= 4 is 23.3 Å². The lowest BCUT2D eigenvalue weighted by molar-refractivity contribution is -0.384. The van der Waals surface area contributed by atoms with Gasteiger partial charge in [-0.1, -0.05) is 11.6 Å². The first kappa shape index (κ1) is 13.8. The fourth-order valence-electron chi connectivity index (χ4n) is 2.29. The Bertz CT molecular complexity index is 520. The first-order valence-corrected chi connectivity index (χ1v) is 6.26. The Balaban J connectivity index is 2.15. The number of carboxylic acid groups (broad SMARTS) is 1. The maximum Gasteiger partial charge on any atom is 0.320 e. The zero-order chi connectivity index (χ0) is 14.0. The van der Waals surface area contributed by atoms with Gasteiger partial charge < -0.3 is 5.11 Å². The molecule has 1 fully saturated rings. The number of benzene rings is 1. The molecule has 1 atom stereocenters. The standard InChI is InChI=1S/C12H13ClN2O4/c13-10-6-9(15(18)19)4-3-8(10)7-14-5-1-2-11(14)12(16)17/h3-4,6,11H,1-2,5,7H2,(H,16,17)/t11-/m0/s1. The van der Waals surface area contributed by atoms with Gasteiger partial charge >= 0.3 is 5.97 Å². The number of non-ortho nitro benzene ring substituents is 1. The predicted octanol–water partition coefficient (Wildman–Crippen LogP) is 2.30. The summed E-state index contributed by atoms with van der Waals surface area (Å²) in [5, 5.41) is 20.0. The summed E-state index contributed by atoms with van der Waals surface area (Å²) in [6.45, 7) is 1.10. The first-order chi connectivity index (χ1) is 8.99. The van der Waals surface area contributed by atoms with Crippen molar-refractivity contribution in [2.45, 2.75) is 25.4 Å². The lowest BCUT2D eigenvalue weighted by Crippen LogP contribution is -2.35. The van der Waals surface area contributed by atoms with Gasteiger partial charge in [-0.05, 0) is 31.0 Å². The smallest absolute Gasteiger partial charge is 0.320 e. The predicted molar refractivity (Wildman–Crippen MR) is 69.2 cm³/mol. The molecule has 1 heterocycles. The van der Waals surface area contributed by atoms with Gasteiger partial charge in [-0.25, -0.2) is 0 Å². The molecular weight excluding hydrogens is 272 g/mol. The minimum Gasteiger partial charge on any atom is -0.480 e. The number of hydrogen-bond acceptors (Lipinski definition) is 4. The van der Waals surface area contributed by atoms with E-state index in [1.165, 1.54) is 12.1 Å². The van der Waals surface area contributed by atoms with Crippen LogP contribution in [-0.4, -0.2) is 33.5 Å². The molecule has 0 saturated carbocycles. The Morgan fingerprint density at radius 2 is 2.32 bits per heavy atom. The monoisotopic (exact) mass is 284 g/mol. The van der Waals surface area contributed by atoms with Crippen LogP contribution in [0.1, 0.15) is 18.4 Å². The van der Waals surface area contributed by atoms with Gasteiger partial charge in [0.1, 0.15) is 6.04 Å². The molecule has 0 bridgehead atoms. The van der Waals surface area contributed by atoms with Crippen LogP contribution in [0, 0.1) is 10.1 Å². The summed E-state index contributed by atoms with van der Waals surface area (Å²) in [5.41, 5.74) is 0.644. The van der Waals surface area contributed by atoms with Gasteiger partial charge in [0.2, 0.25) is 0 Å². The van der Waals surface area contributed by atoms with Gasteiger partial charge in [0.05, 0.1) is 9.95 Å². The van der Waals surface area contributed by atoms with E-state index in [0.29, 0.717) is 30.1 Å². The van der Waals surface area contributed by atoms with E-state index in [1.807, 2.05) is 4.90 Å². The second-order valence-corrected chi connectivity index (χ2v) is 4.91. The van der Waals surface area contributed by atoms with Crippen molar-refractivity contribution in [3.05, 3.63) is 38.9 Å². The average molecular weight is 285 g/mol. The number of hydrogen-bond donors (Lipinski definition) is 1. The molecule has 102 valence electrons. The summed E-state index contributed by atoms with van der Waals surface area (Å²) < 4.78 is 0. The summed E-state index contributed by atoms with van der Waals surface area (Å²) in [4.78, 5) is 23.0. The quantitative estimate of drug-likeness (QED) is 0.677. The fraction of sp³-hybridized carbons (Fsp3) is 0.417.